The third-order valence-corrected chi connectivity index (χ3v) is 3.30. The van der Waals surface area contributed by atoms with Crippen LogP contribution in [0.25, 0.3) is 0 Å². The molecule has 0 spiro atoms. The summed E-state index contributed by atoms with van der Waals surface area (Å²) in [7, 11) is 0. The molecule has 0 N–H and O–H groups in total. The van der Waals surface area contributed by atoms with Gasteiger partial charge in [-0.15, -0.1) is 0 Å². The molecule has 0 saturated heterocycles. The first-order valence-electron chi connectivity index (χ1n) is 6.38. The summed E-state index contributed by atoms with van der Waals surface area (Å²) in [6.07, 6.45) is 4.06. The van der Waals surface area contributed by atoms with Crippen LogP contribution in [0, 0.1) is 0 Å². The number of carbonyl (C=O) groups is 2. The highest BCUT2D eigenvalue weighted by atomic mass is 16.5. The molecule has 2 atom stereocenters. The molecule has 0 radical (unpaired) electrons. The van der Waals surface area contributed by atoms with E-state index in [1.54, 1.807) is 6.20 Å². The number of nitrogens with zero attached hydrogens (tertiary/aromatic N) is 1. The lowest BCUT2D eigenvalue weighted by Gasteiger charge is -2.37. The molecular formula is C15H17NO3. The molecule has 0 fully saturated rings. The molecule has 1 heterocycles. The lowest BCUT2D eigenvalue weighted by atomic mass is 10.0. The second-order valence-electron chi connectivity index (χ2n) is 4.49. The van der Waals surface area contributed by atoms with Gasteiger partial charge in [0.2, 0.25) is 6.23 Å². The maximum Gasteiger partial charge on any atom is 0.295 e. The van der Waals surface area contributed by atoms with Gasteiger partial charge in [-0.05, 0) is 12.5 Å². The fourth-order valence-electron chi connectivity index (χ4n) is 2.31. The van der Waals surface area contributed by atoms with E-state index in [0.717, 1.165) is 12.0 Å². The van der Waals surface area contributed by atoms with E-state index in [9.17, 15) is 9.59 Å². The van der Waals surface area contributed by atoms with Crippen LogP contribution in [0.3, 0.4) is 0 Å². The van der Waals surface area contributed by atoms with Crippen LogP contribution in [-0.4, -0.2) is 23.2 Å². The monoisotopic (exact) mass is 259 g/mol. The molecule has 100 valence electrons. The van der Waals surface area contributed by atoms with E-state index in [1.807, 2.05) is 42.2 Å². The van der Waals surface area contributed by atoms with Crippen molar-refractivity contribution in [2.75, 3.05) is 0 Å². The third kappa shape index (κ3) is 3.02. The summed E-state index contributed by atoms with van der Waals surface area (Å²) in [5.41, 5.74) is 0.895. The fraction of sp³-hybridized carbons (Fsp3) is 0.333. The molecule has 0 amide bonds. The van der Waals surface area contributed by atoms with Crippen molar-refractivity contribution in [3.8, 4) is 0 Å². The Kier molecular flexibility index (Phi) is 4.34. The van der Waals surface area contributed by atoms with Crippen LogP contribution in [0.4, 0.5) is 0 Å². The Morgan fingerprint density at radius 1 is 1.42 bits per heavy atom. The van der Waals surface area contributed by atoms with E-state index >= 15 is 0 Å². The molecule has 2 rings (SSSR count). The van der Waals surface area contributed by atoms with Crippen LogP contribution < -0.4 is 0 Å². The van der Waals surface area contributed by atoms with Crippen LogP contribution in [0.5, 0.6) is 0 Å². The van der Waals surface area contributed by atoms with Gasteiger partial charge in [-0.25, -0.2) is 0 Å². The molecule has 1 aromatic rings. The Morgan fingerprint density at radius 3 is 2.79 bits per heavy atom. The minimum Gasteiger partial charge on any atom is -0.439 e. The van der Waals surface area contributed by atoms with Crippen LogP contribution in [0.1, 0.15) is 31.6 Å². The Labute approximate surface area is 112 Å². The van der Waals surface area contributed by atoms with Crippen LogP contribution in [0.2, 0.25) is 0 Å². The predicted octanol–water partition coefficient (Wildman–Crippen LogP) is 2.43. The molecule has 2 unspecified atom stereocenters. The largest absolute Gasteiger partial charge is 0.439 e. The third-order valence-electron chi connectivity index (χ3n) is 3.30. The van der Waals surface area contributed by atoms with E-state index in [0.29, 0.717) is 12.9 Å². The van der Waals surface area contributed by atoms with E-state index in [1.165, 1.54) is 6.08 Å². The Hall–Kier alpha value is -2.10. The van der Waals surface area contributed by atoms with E-state index < -0.39 is 6.23 Å². The van der Waals surface area contributed by atoms with Gasteiger partial charge >= 0.3 is 0 Å². The molecule has 0 aromatic heterocycles. The average Bonchev–Trinajstić information content (AvgIpc) is 2.46. The van der Waals surface area contributed by atoms with Crippen LogP contribution >= 0.6 is 0 Å². The SMILES string of the molecule is CCC1CC(=O)C=CN1C(OC=O)c1ccccc1. The average molecular weight is 259 g/mol. The van der Waals surface area contributed by atoms with E-state index in [-0.39, 0.29) is 11.8 Å². The summed E-state index contributed by atoms with van der Waals surface area (Å²) < 4.78 is 5.22. The van der Waals surface area contributed by atoms with Crippen molar-refractivity contribution in [3.63, 3.8) is 0 Å². The smallest absolute Gasteiger partial charge is 0.295 e. The normalized spacial score (nSPS) is 20.2. The van der Waals surface area contributed by atoms with Gasteiger partial charge in [-0.3, -0.25) is 9.59 Å². The highest BCUT2D eigenvalue weighted by molar-refractivity contribution is 5.90. The van der Waals surface area contributed by atoms with Gasteiger partial charge in [0.15, 0.2) is 5.78 Å². The molecule has 1 aliphatic heterocycles. The summed E-state index contributed by atoms with van der Waals surface area (Å²) >= 11 is 0. The second kappa shape index (κ2) is 6.18. The van der Waals surface area contributed by atoms with Gasteiger partial charge in [-0.1, -0.05) is 37.3 Å². The molecule has 1 aromatic carbocycles. The lowest BCUT2D eigenvalue weighted by Crippen LogP contribution is -2.39. The number of allylic oxidation sites excluding steroid dienone is 1. The molecule has 0 aliphatic carbocycles. The summed E-state index contributed by atoms with van der Waals surface area (Å²) in [4.78, 5) is 24.2. The maximum absolute atomic E-state index is 11.5. The molecular weight excluding hydrogens is 242 g/mol. The number of benzene rings is 1. The topological polar surface area (TPSA) is 46.6 Å². The van der Waals surface area contributed by atoms with Crippen molar-refractivity contribution in [1.29, 1.82) is 0 Å². The number of hydrogen-bond acceptors (Lipinski definition) is 4. The molecule has 1 aliphatic rings. The fourth-order valence-corrected chi connectivity index (χ4v) is 2.31. The zero-order chi connectivity index (χ0) is 13.7. The number of rotatable bonds is 5. The van der Waals surface area contributed by atoms with E-state index in [2.05, 4.69) is 0 Å². The van der Waals surface area contributed by atoms with Crippen molar-refractivity contribution in [2.24, 2.45) is 0 Å². The van der Waals surface area contributed by atoms with Gasteiger partial charge in [0.05, 0.1) is 0 Å². The molecule has 4 nitrogen and oxygen atoms in total. The number of hydrogen-bond donors (Lipinski definition) is 0. The van der Waals surface area contributed by atoms with Gasteiger partial charge < -0.3 is 9.64 Å². The van der Waals surface area contributed by atoms with Crippen molar-refractivity contribution >= 4 is 12.3 Å². The van der Waals surface area contributed by atoms with E-state index in [4.69, 9.17) is 4.74 Å². The maximum atomic E-state index is 11.5. The predicted molar refractivity (Wildman–Crippen MR) is 71.0 cm³/mol. The van der Waals surface area contributed by atoms with Crippen LogP contribution in [0.15, 0.2) is 42.6 Å². The highest BCUT2D eigenvalue weighted by Gasteiger charge is 2.29. The zero-order valence-electron chi connectivity index (χ0n) is 10.9. The molecule has 0 bridgehead atoms. The summed E-state index contributed by atoms with van der Waals surface area (Å²) in [5.74, 6) is 0.112. The minimum atomic E-state index is -0.479. The molecule has 4 heteroatoms. The van der Waals surface area contributed by atoms with Crippen molar-refractivity contribution in [3.05, 3.63) is 48.2 Å². The van der Waals surface area contributed by atoms with Gasteiger partial charge in [0, 0.05) is 24.2 Å². The number of ether oxygens (including phenoxy) is 1. The summed E-state index contributed by atoms with van der Waals surface area (Å²) in [5, 5.41) is 0. The second-order valence-corrected chi connectivity index (χ2v) is 4.49. The minimum absolute atomic E-state index is 0.0580. The lowest BCUT2D eigenvalue weighted by molar-refractivity contribution is -0.144. The standard InChI is InChI=1S/C15H17NO3/c1-2-13-10-14(18)8-9-16(13)15(19-11-17)12-6-4-3-5-7-12/h3-9,11,13,15H,2,10H2,1H3. The van der Waals surface area contributed by atoms with Crippen molar-refractivity contribution in [2.45, 2.75) is 32.0 Å². The summed E-state index contributed by atoms with van der Waals surface area (Å²) in [6.45, 7) is 2.47. The first-order chi connectivity index (χ1) is 9.26. The number of carbonyl (C=O) groups excluding carboxylic acids is 2. The van der Waals surface area contributed by atoms with Crippen molar-refractivity contribution < 1.29 is 14.3 Å². The first kappa shape index (κ1) is 13.3. The Morgan fingerprint density at radius 2 is 2.16 bits per heavy atom. The quantitative estimate of drug-likeness (QED) is 0.762. The van der Waals surface area contributed by atoms with Crippen molar-refractivity contribution in [1.82, 2.24) is 4.90 Å². The van der Waals surface area contributed by atoms with Crippen LogP contribution in [-0.2, 0) is 14.3 Å². The highest BCUT2D eigenvalue weighted by Crippen LogP contribution is 2.28. The van der Waals surface area contributed by atoms with Gasteiger partial charge in [-0.2, -0.15) is 0 Å². The first-order valence-corrected chi connectivity index (χ1v) is 6.38. The summed E-state index contributed by atoms with van der Waals surface area (Å²) in [6, 6.07) is 9.58. The number of ketones is 1. The Balaban J connectivity index is 2.30. The van der Waals surface area contributed by atoms with Gasteiger partial charge in [0.1, 0.15) is 0 Å². The molecule has 19 heavy (non-hydrogen) atoms. The Bertz CT molecular complexity index is 470. The molecule has 0 saturated carbocycles. The van der Waals surface area contributed by atoms with Gasteiger partial charge in [0.25, 0.3) is 6.47 Å². The zero-order valence-corrected chi connectivity index (χ0v) is 10.9.